The van der Waals surface area contributed by atoms with Crippen LogP contribution in [-0.4, -0.2) is 11.4 Å². The van der Waals surface area contributed by atoms with Crippen LogP contribution in [0.1, 0.15) is 52.0 Å². The van der Waals surface area contributed by atoms with Gasteiger partial charge in [0.2, 0.25) is 5.91 Å². The lowest BCUT2D eigenvalue weighted by molar-refractivity contribution is -0.122. The maximum Gasteiger partial charge on any atom is 0.220 e. The minimum absolute atomic E-state index is 0.132. The molecule has 2 nitrogen and oxygen atoms in total. The molecule has 0 aliphatic heterocycles. The summed E-state index contributed by atoms with van der Waals surface area (Å²) in [6.45, 7) is 8.18. The van der Waals surface area contributed by atoms with E-state index in [1.54, 1.807) is 0 Å². The number of carbonyl (C=O) groups is 1. The molecule has 2 heteroatoms. The third-order valence-electron chi connectivity index (χ3n) is 2.69. The first-order valence-electron chi connectivity index (χ1n) is 6.24. The largest absolute Gasteiger partial charge is 0.352 e. The molecule has 1 aromatic rings. The molecule has 0 fully saturated rings. The molecule has 1 atom stereocenters. The normalized spacial score (nSPS) is 13.2. The van der Waals surface area contributed by atoms with Gasteiger partial charge in [0.1, 0.15) is 0 Å². The van der Waals surface area contributed by atoms with Crippen molar-refractivity contribution < 1.29 is 4.79 Å². The third-order valence-corrected chi connectivity index (χ3v) is 2.69. The van der Waals surface area contributed by atoms with E-state index in [-0.39, 0.29) is 11.4 Å². The van der Waals surface area contributed by atoms with E-state index in [2.05, 4.69) is 24.4 Å². The summed E-state index contributed by atoms with van der Waals surface area (Å²) in [5.41, 5.74) is 1.17. The van der Waals surface area contributed by atoms with Gasteiger partial charge in [0.25, 0.3) is 0 Å². The van der Waals surface area contributed by atoms with E-state index in [0.717, 1.165) is 6.42 Å². The minimum Gasteiger partial charge on any atom is -0.352 e. The Labute approximate surface area is 104 Å². The van der Waals surface area contributed by atoms with E-state index in [1.807, 2.05) is 39.0 Å². The zero-order valence-corrected chi connectivity index (χ0v) is 11.3. The lowest BCUT2D eigenvalue weighted by Crippen LogP contribution is -2.40. The SMILES string of the molecule is C[C@H](CCC(=O)NC(C)(C)C)c1ccccc1. The monoisotopic (exact) mass is 233 g/mol. The van der Waals surface area contributed by atoms with Crippen LogP contribution in [0, 0.1) is 0 Å². The molecule has 0 aromatic heterocycles. The van der Waals surface area contributed by atoms with Crippen LogP contribution >= 0.6 is 0 Å². The van der Waals surface area contributed by atoms with Crippen LogP contribution < -0.4 is 5.32 Å². The molecule has 0 aliphatic carbocycles. The van der Waals surface area contributed by atoms with Crippen LogP contribution in [0.3, 0.4) is 0 Å². The summed E-state index contributed by atoms with van der Waals surface area (Å²) < 4.78 is 0. The Kier molecular flexibility index (Phi) is 4.73. The summed E-state index contributed by atoms with van der Waals surface area (Å²) in [7, 11) is 0. The van der Waals surface area contributed by atoms with Crippen molar-refractivity contribution in [1.82, 2.24) is 5.32 Å². The Morgan fingerprint density at radius 2 is 1.82 bits per heavy atom. The number of rotatable bonds is 4. The molecule has 1 N–H and O–H groups in total. The minimum atomic E-state index is -0.132. The second kappa shape index (κ2) is 5.85. The Morgan fingerprint density at radius 3 is 2.35 bits per heavy atom. The van der Waals surface area contributed by atoms with Crippen molar-refractivity contribution in [1.29, 1.82) is 0 Å². The summed E-state index contributed by atoms with van der Waals surface area (Å²) in [5.74, 6) is 0.571. The molecular formula is C15H23NO. The number of amides is 1. The fraction of sp³-hybridized carbons (Fsp3) is 0.533. The van der Waals surface area contributed by atoms with Gasteiger partial charge in [-0.1, -0.05) is 37.3 Å². The van der Waals surface area contributed by atoms with Gasteiger partial charge in [0.15, 0.2) is 0 Å². The van der Waals surface area contributed by atoms with E-state index in [9.17, 15) is 4.79 Å². The molecule has 1 aromatic carbocycles. The highest BCUT2D eigenvalue weighted by Crippen LogP contribution is 2.20. The molecule has 0 heterocycles. The van der Waals surface area contributed by atoms with Crippen molar-refractivity contribution in [2.24, 2.45) is 0 Å². The third kappa shape index (κ3) is 5.53. The lowest BCUT2D eigenvalue weighted by atomic mass is 9.96. The van der Waals surface area contributed by atoms with Crippen molar-refractivity contribution in [3.8, 4) is 0 Å². The molecule has 17 heavy (non-hydrogen) atoms. The first-order chi connectivity index (χ1) is 7.88. The van der Waals surface area contributed by atoms with Crippen molar-refractivity contribution in [3.05, 3.63) is 35.9 Å². The van der Waals surface area contributed by atoms with Gasteiger partial charge in [-0.15, -0.1) is 0 Å². The maximum atomic E-state index is 11.7. The van der Waals surface area contributed by atoms with Gasteiger partial charge < -0.3 is 5.32 Å². The molecule has 0 saturated heterocycles. The first kappa shape index (κ1) is 13.8. The van der Waals surface area contributed by atoms with Crippen molar-refractivity contribution >= 4 is 5.91 Å². The Morgan fingerprint density at radius 1 is 1.24 bits per heavy atom. The van der Waals surface area contributed by atoms with Crippen molar-refractivity contribution in [3.63, 3.8) is 0 Å². The summed E-state index contributed by atoms with van der Waals surface area (Å²) >= 11 is 0. The lowest BCUT2D eigenvalue weighted by Gasteiger charge is -2.21. The summed E-state index contributed by atoms with van der Waals surface area (Å²) in [5, 5.41) is 2.99. The number of benzene rings is 1. The molecule has 1 amide bonds. The fourth-order valence-electron chi connectivity index (χ4n) is 1.78. The molecule has 0 spiro atoms. The van der Waals surface area contributed by atoms with E-state index >= 15 is 0 Å². The molecule has 0 unspecified atom stereocenters. The topological polar surface area (TPSA) is 29.1 Å². The standard InChI is InChI=1S/C15H23NO/c1-12(13-8-6-5-7-9-13)10-11-14(17)16-15(2,3)4/h5-9,12H,10-11H2,1-4H3,(H,16,17)/t12-/m1/s1. The van der Waals surface area contributed by atoms with E-state index in [1.165, 1.54) is 5.56 Å². The van der Waals surface area contributed by atoms with Crippen LogP contribution in [0.2, 0.25) is 0 Å². The molecule has 94 valence electrons. The number of carbonyl (C=O) groups excluding carboxylic acids is 1. The quantitative estimate of drug-likeness (QED) is 0.847. The highest BCUT2D eigenvalue weighted by atomic mass is 16.1. The molecule has 0 saturated carbocycles. The molecular weight excluding hydrogens is 210 g/mol. The van der Waals surface area contributed by atoms with Gasteiger partial charge in [-0.2, -0.15) is 0 Å². The fourth-order valence-corrected chi connectivity index (χ4v) is 1.78. The molecule has 1 rings (SSSR count). The zero-order valence-electron chi connectivity index (χ0n) is 11.3. The number of nitrogens with one attached hydrogen (secondary N) is 1. The van der Waals surface area contributed by atoms with Gasteiger partial charge in [-0.3, -0.25) is 4.79 Å². The highest BCUT2D eigenvalue weighted by molar-refractivity contribution is 5.76. The summed E-state index contributed by atoms with van der Waals surface area (Å²) in [6, 6.07) is 10.3. The van der Waals surface area contributed by atoms with Gasteiger partial charge in [-0.25, -0.2) is 0 Å². The Balaban J connectivity index is 2.39. The number of hydrogen-bond acceptors (Lipinski definition) is 1. The Hall–Kier alpha value is -1.31. The predicted octanol–water partition coefficient (Wildman–Crippen LogP) is 3.49. The van der Waals surface area contributed by atoms with Crippen LogP contribution in [0.15, 0.2) is 30.3 Å². The average molecular weight is 233 g/mol. The highest BCUT2D eigenvalue weighted by Gasteiger charge is 2.14. The van der Waals surface area contributed by atoms with E-state index in [4.69, 9.17) is 0 Å². The van der Waals surface area contributed by atoms with E-state index < -0.39 is 0 Å². The van der Waals surface area contributed by atoms with Crippen molar-refractivity contribution in [2.45, 2.75) is 52.0 Å². The molecule has 0 aliphatic rings. The van der Waals surface area contributed by atoms with Crippen molar-refractivity contribution in [2.75, 3.05) is 0 Å². The van der Waals surface area contributed by atoms with Gasteiger partial charge >= 0.3 is 0 Å². The van der Waals surface area contributed by atoms with Gasteiger partial charge in [-0.05, 0) is 38.7 Å². The van der Waals surface area contributed by atoms with Crippen LogP contribution in [0.4, 0.5) is 0 Å². The average Bonchev–Trinajstić information content (AvgIpc) is 2.25. The molecule has 0 bridgehead atoms. The second-order valence-corrected chi connectivity index (χ2v) is 5.65. The van der Waals surface area contributed by atoms with Gasteiger partial charge in [0.05, 0.1) is 0 Å². The van der Waals surface area contributed by atoms with Crippen LogP contribution in [0.5, 0.6) is 0 Å². The zero-order chi connectivity index (χ0) is 12.9. The summed E-state index contributed by atoms with van der Waals surface area (Å²) in [4.78, 5) is 11.7. The van der Waals surface area contributed by atoms with Crippen LogP contribution in [-0.2, 0) is 4.79 Å². The Bertz CT molecular complexity index is 351. The van der Waals surface area contributed by atoms with E-state index in [0.29, 0.717) is 12.3 Å². The maximum absolute atomic E-state index is 11.7. The van der Waals surface area contributed by atoms with Crippen LogP contribution in [0.25, 0.3) is 0 Å². The second-order valence-electron chi connectivity index (χ2n) is 5.65. The number of hydrogen-bond donors (Lipinski definition) is 1. The smallest absolute Gasteiger partial charge is 0.220 e. The molecule has 0 radical (unpaired) electrons. The predicted molar refractivity (Wildman–Crippen MR) is 72.0 cm³/mol. The van der Waals surface area contributed by atoms with Gasteiger partial charge in [0, 0.05) is 12.0 Å². The summed E-state index contributed by atoms with van der Waals surface area (Å²) in [6.07, 6.45) is 1.49. The first-order valence-corrected chi connectivity index (χ1v) is 6.24.